The van der Waals surface area contributed by atoms with Crippen LogP contribution in [0.5, 0.6) is 0 Å². The molecule has 0 aromatic rings. The monoisotopic (exact) mass is 156 g/mol. The standard InChI is InChI=1S/C9H16O2/c1-3-5-8(4-2)10-6-9-7-11-9/h5,9H,3-4,6-7H2,1-2H3/b8-5+. The molecule has 0 aliphatic carbocycles. The van der Waals surface area contributed by atoms with Crippen LogP contribution in [0, 0.1) is 0 Å². The first-order valence-electron chi connectivity index (χ1n) is 4.30. The molecule has 2 nitrogen and oxygen atoms in total. The van der Waals surface area contributed by atoms with Gasteiger partial charge in [0.05, 0.1) is 12.4 Å². The number of allylic oxidation sites excluding steroid dienone is 2. The van der Waals surface area contributed by atoms with Crippen molar-refractivity contribution in [3.8, 4) is 0 Å². The molecule has 1 saturated heterocycles. The predicted molar refractivity (Wildman–Crippen MR) is 44.4 cm³/mol. The third kappa shape index (κ3) is 3.42. The highest BCUT2D eigenvalue weighted by atomic mass is 16.6. The van der Waals surface area contributed by atoms with Crippen molar-refractivity contribution in [2.24, 2.45) is 0 Å². The summed E-state index contributed by atoms with van der Waals surface area (Å²) in [6.45, 7) is 5.84. The Balaban J connectivity index is 2.13. The summed E-state index contributed by atoms with van der Waals surface area (Å²) in [5.41, 5.74) is 0. The Morgan fingerprint density at radius 1 is 1.64 bits per heavy atom. The molecular formula is C9H16O2. The van der Waals surface area contributed by atoms with Gasteiger partial charge in [-0.1, -0.05) is 13.8 Å². The van der Waals surface area contributed by atoms with Crippen molar-refractivity contribution >= 4 is 0 Å². The van der Waals surface area contributed by atoms with Gasteiger partial charge >= 0.3 is 0 Å². The van der Waals surface area contributed by atoms with Gasteiger partial charge in [0.15, 0.2) is 0 Å². The van der Waals surface area contributed by atoms with E-state index in [1.54, 1.807) is 0 Å². The molecule has 0 saturated carbocycles. The van der Waals surface area contributed by atoms with Crippen molar-refractivity contribution in [3.63, 3.8) is 0 Å². The van der Waals surface area contributed by atoms with Crippen LogP contribution in [-0.2, 0) is 9.47 Å². The SMILES string of the molecule is CC/C=C(\CC)OCC1CO1. The van der Waals surface area contributed by atoms with Gasteiger partial charge in [-0.05, 0) is 12.5 Å². The summed E-state index contributed by atoms with van der Waals surface area (Å²) in [4.78, 5) is 0. The first-order chi connectivity index (χ1) is 5.36. The van der Waals surface area contributed by atoms with Crippen LogP contribution >= 0.6 is 0 Å². The Labute approximate surface area is 68.2 Å². The molecule has 2 heteroatoms. The molecule has 1 heterocycles. The van der Waals surface area contributed by atoms with Crippen LogP contribution in [0.25, 0.3) is 0 Å². The number of rotatable bonds is 5. The third-order valence-corrected chi connectivity index (χ3v) is 1.64. The van der Waals surface area contributed by atoms with Gasteiger partial charge in [0, 0.05) is 6.42 Å². The quantitative estimate of drug-likeness (QED) is 0.449. The topological polar surface area (TPSA) is 21.8 Å². The summed E-state index contributed by atoms with van der Waals surface area (Å²) >= 11 is 0. The van der Waals surface area contributed by atoms with E-state index in [9.17, 15) is 0 Å². The van der Waals surface area contributed by atoms with Crippen molar-refractivity contribution in [1.29, 1.82) is 0 Å². The first kappa shape index (κ1) is 8.60. The molecule has 1 rings (SSSR count). The number of hydrogen-bond acceptors (Lipinski definition) is 2. The van der Waals surface area contributed by atoms with Gasteiger partial charge in [-0.15, -0.1) is 0 Å². The molecular weight excluding hydrogens is 140 g/mol. The summed E-state index contributed by atoms with van der Waals surface area (Å²) in [6, 6.07) is 0. The Morgan fingerprint density at radius 3 is 2.82 bits per heavy atom. The molecule has 0 aromatic heterocycles. The Morgan fingerprint density at radius 2 is 2.36 bits per heavy atom. The van der Waals surface area contributed by atoms with E-state index in [2.05, 4.69) is 19.9 Å². The molecule has 1 fully saturated rings. The van der Waals surface area contributed by atoms with E-state index < -0.39 is 0 Å². The molecule has 0 radical (unpaired) electrons. The molecule has 1 aliphatic heterocycles. The normalized spacial score (nSPS) is 23.5. The Bertz CT molecular complexity index is 136. The van der Waals surface area contributed by atoms with Gasteiger partial charge in [0.1, 0.15) is 12.7 Å². The minimum Gasteiger partial charge on any atom is -0.495 e. The highest BCUT2D eigenvalue weighted by Gasteiger charge is 2.22. The molecule has 0 bridgehead atoms. The van der Waals surface area contributed by atoms with Crippen LogP contribution in [0.4, 0.5) is 0 Å². The summed E-state index contributed by atoms with van der Waals surface area (Å²) in [5, 5.41) is 0. The van der Waals surface area contributed by atoms with Crippen LogP contribution < -0.4 is 0 Å². The van der Waals surface area contributed by atoms with Gasteiger partial charge in [-0.3, -0.25) is 0 Å². The maximum absolute atomic E-state index is 5.49. The summed E-state index contributed by atoms with van der Waals surface area (Å²) < 4.78 is 10.5. The van der Waals surface area contributed by atoms with Crippen molar-refractivity contribution in [2.45, 2.75) is 32.8 Å². The molecule has 64 valence electrons. The lowest BCUT2D eigenvalue weighted by Gasteiger charge is -2.05. The lowest BCUT2D eigenvalue weighted by atomic mass is 10.3. The second-order valence-electron chi connectivity index (χ2n) is 2.70. The van der Waals surface area contributed by atoms with Crippen LogP contribution in [0.3, 0.4) is 0 Å². The predicted octanol–water partition coefficient (Wildman–Crippen LogP) is 2.11. The average molecular weight is 156 g/mol. The smallest absolute Gasteiger partial charge is 0.116 e. The van der Waals surface area contributed by atoms with E-state index in [-0.39, 0.29) is 0 Å². The zero-order valence-electron chi connectivity index (χ0n) is 7.30. The van der Waals surface area contributed by atoms with Crippen molar-refractivity contribution < 1.29 is 9.47 Å². The zero-order chi connectivity index (χ0) is 8.10. The van der Waals surface area contributed by atoms with Crippen molar-refractivity contribution in [3.05, 3.63) is 11.8 Å². The summed E-state index contributed by atoms with van der Waals surface area (Å²) in [6.07, 6.45) is 4.54. The third-order valence-electron chi connectivity index (χ3n) is 1.64. The lowest BCUT2D eigenvalue weighted by molar-refractivity contribution is 0.176. The maximum atomic E-state index is 5.49. The van der Waals surface area contributed by atoms with Crippen LogP contribution in [0.15, 0.2) is 11.8 Å². The minimum atomic E-state index is 0.377. The lowest BCUT2D eigenvalue weighted by Crippen LogP contribution is -2.00. The summed E-state index contributed by atoms with van der Waals surface area (Å²) in [5.74, 6) is 1.10. The molecule has 0 amide bonds. The van der Waals surface area contributed by atoms with E-state index in [1.165, 1.54) is 0 Å². The van der Waals surface area contributed by atoms with Gasteiger partial charge in [-0.2, -0.15) is 0 Å². The van der Waals surface area contributed by atoms with E-state index in [0.29, 0.717) is 6.10 Å². The molecule has 11 heavy (non-hydrogen) atoms. The fourth-order valence-corrected chi connectivity index (χ4v) is 0.897. The highest BCUT2D eigenvalue weighted by molar-refractivity contribution is 4.91. The fraction of sp³-hybridized carbons (Fsp3) is 0.778. The molecule has 0 N–H and O–H groups in total. The van der Waals surface area contributed by atoms with Crippen LogP contribution in [-0.4, -0.2) is 19.3 Å². The number of hydrogen-bond donors (Lipinski definition) is 0. The molecule has 1 unspecified atom stereocenters. The molecule has 1 aliphatic rings. The van der Waals surface area contributed by atoms with E-state index in [1.807, 2.05) is 0 Å². The second kappa shape index (κ2) is 4.39. The minimum absolute atomic E-state index is 0.377. The van der Waals surface area contributed by atoms with Gasteiger partial charge < -0.3 is 9.47 Å². The van der Waals surface area contributed by atoms with Gasteiger partial charge in [0.25, 0.3) is 0 Å². The largest absolute Gasteiger partial charge is 0.495 e. The molecule has 0 aromatic carbocycles. The Kier molecular flexibility index (Phi) is 3.43. The molecule has 0 spiro atoms. The maximum Gasteiger partial charge on any atom is 0.116 e. The summed E-state index contributed by atoms with van der Waals surface area (Å²) in [7, 11) is 0. The fourth-order valence-electron chi connectivity index (χ4n) is 0.897. The van der Waals surface area contributed by atoms with Crippen LogP contribution in [0.2, 0.25) is 0 Å². The van der Waals surface area contributed by atoms with Crippen LogP contribution in [0.1, 0.15) is 26.7 Å². The first-order valence-corrected chi connectivity index (χ1v) is 4.30. The number of ether oxygens (including phenoxy) is 2. The van der Waals surface area contributed by atoms with Crippen molar-refractivity contribution in [1.82, 2.24) is 0 Å². The van der Waals surface area contributed by atoms with Gasteiger partial charge in [-0.25, -0.2) is 0 Å². The van der Waals surface area contributed by atoms with Crippen molar-refractivity contribution in [2.75, 3.05) is 13.2 Å². The number of epoxide rings is 1. The average Bonchev–Trinajstić information content (AvgIpc) is 2.81. The highest BCUT2D eigenvalue weighted by Crippen LogP contribution is 2.12. The molecule has 1 atom stereocenters. The zero-order valence-corrected chi connectivity index (χ0v) is 7.30. The van der Waals surface area contributed by atoms with Gasteiger partial charge in [0.2, 0.25) is 0 Å². The van der Waals surface area contributed by atoms with E-state index >= 15 is 0 Å². The van der Waals surface area contributed by atoms with E-state index in [0.717, 1.165) is 31.8 Å². The second-order valence-corrected chi connectivity index (χ2v) is 2.70. The van der Waals surface area contributed by atoms with E-state index in [4.69, 9.17) is 9.47 Å². The Hall–Kier alpha value is -0.500.